The number of rotatable bonds is 0. The van der Waals surface area contributed by atoms with E-state index in [1.807, 2.05) is 0 Å². The van der Waals surface area contributed by atoms with Gasteiger partial charge in [-0.1, -0.05) is 6.92 Å². The molecule has 1 nitrogen and oxygen atoms in total. The Morgan fingerprint density at radius 3 is 2.87 bits per heavy atom. The molecule has 4 aliphatic rings. The molecule has 2 bridgehead atoms. The van der Waals surface area contributed by atoms with Gasteiger partial charge in [-0.25, -0.2) is 0 Å². The molecule has 3 saturated carbocycles. The Hall–Kier alpha value is -0.0400. The Labute approximate surface area is 92.6 Å². The second kappa shape index (κ2) is 2.45. The van der Waals surface area contributed by atoms with Crippen LogP contribution in [0.4, 0.5) is 0 Å². The van der Waals surface area contributed by atoms with Crippen molar-refractivity contribution in [2.75, 3.05) is 6.61 Å². The summed E-state index contributed by atoms with van der Waals surface area (Å²) >= 11 is 0. The zero-order valence-corrected chi connectivity index (χ0v) is 9.96. The first-order valence-electron chi connectivity index (χ1n) is 6.80. The molecule has 0 aromatic rings. The molecule has 0 aromatic carbocycles. The summed E-state index contributed by atoms with van der Waals surface area (Å²) in [7, 11) is 0. The third-order valence-electron chi connectivity index (χ3n) is 6.74. The lowest BCUT2D eigenvalue weighted by molar-refractivity contribution is -0.0702. The molecule has 1 saturated heterocycles. The van der Waals surface area contributed by atoms with E-state index in [9.17, 15) is 0 Å². The maximum Gasteiger partial charge on any atom is 0.0686 e. The minimum Gasteiger partial charge on any atom is -0.375 e. The first kappa shape index (κ1) is 9.04. The van der Waals surface area contributed by atoms with Gasteiger partial charge in [-0.15, -0.1) is 0 Å². The number of hydrogen-bond acceptors (Lipinski definition) is 1. The summed E-state index contributed by atoms with van der Waals surface area (Å²) in [4.78, 5) is 0. The summed E-state index contributed by atoms with van der Waals surface area (Å²) in [6.45, 7) is 5.99. The van der Waals surface area contributed by atoms with E-state index >= 15 is 0 Å². The molecule has 4 rings (SSSR count). The fourth-order valence-corrected chi connectivity index (χ4v) is 5.77. The maximum atomic E-state index is 6.13. The van der Waals surface area contributed by atoms with Gasteiger partial charge in [-0.05, 0) is 68.1 Å². The summed E-state index contributed by atoms with van der Waals surface area (Å²) in [5, 5.41) is 0. The third kappa shape index (κ3) is 0.833. The third-order valence-corrected chi connectivity index (χ3v) is 6.74. The van der Waals surface area contributed by atoms with Gasteiger partial charge in [0.05, 0.1) is 12.2 Å². The molecule has 0 radical (unpaired) electrons. The molecular formula is C14H22O. The fourth-order valence-electron chi connectivity index (χ4n) is 5.77. The van der Waals surface area contributed by atoms with E-state index in [2.05, 4.69) is 13.8 Å². The van der Waals surface area contributed by atoms with Gasteiger partial charge in [0.25, 0.3) is 0 Å². The average molecular weight is 206 g/mol. The fraction of sp³-hybridized carbons (Fsp3) is 1.00. The Bertz CT molecular complexity index is 312. The van der Waals surface area contributed by atoms with Gasteiger partial charge in [-0.3, -0.25) is 0 Å². The Morgan fingerprint density at radius 2 is 2.00 bits per heavy atom. The molecule has 15 heavy (non-hydrogen) atoms. The van der Waals surface area contributed by atoms with Crippen molar-refractivity contribution in [3.63, 3.8) is 0 Å². The van der Waals surface area contributed by atoms with Crippen LogP contribution in [0, 0.1) is 29.1 Å². The molecule has 1 unspecified atom stereocenters. The normalized spacial score (nSPS) is 66.0. The minimum absolute atomic E-state index is 0.278. The first-order chi connectivity index (χ1) is 7.16. The largest absolute Gasteiger partial charge is 0.375 e. The minimum atomic E-state index is 0.278. The number of hydrogen-bond donors (Lipinski definition) is 0. The van der Waals surface area contributed by atoms with Crippen molar-refractivity contribution in [2.24, 2.45) is 29.1 Å². The Morgan fingerprint density at radius 1 is 1.13 bits per heavy atom. The van der Waals surface area contributed by atoms with E-state index in [0.29, 0.717) is 0 Å². The standard InChI is InChI=1S/C14H22O/c1-9-3-4-11-10-8-15-13(2)5-6-14(9,11)7-12(10)13/h9-12H,3-8H2,1-2H3/t9-,10+,11?,12+,13-,14+/m1/s1. The summed E-state index contributed by atoms with van der Waals surface area (Å²) in [6, 6.07) is 0. The Balaban J connectivity index is 1.81. The van der Waals surface area contributed by atoms with Crippen molar-refractivity contribution in [1.82, 2.24) is 0 Å². The van der Waals surface area contributed by atoms with Gasteiger partial charge in [0.15, 0.2) is 0 Å². The van der Waals surface area contributed by atoms with Gasteiger partial charge in [-0.2, -0.15) is 0 Å². The molecule has 1 heterocycles. The zero-order chi connectivity index (χ0) is 10.3. The zero-order valence-electron chi connectivity index (χ0n) is 9.96. The molecule has 3 aliphatic carbocycles. The SMILES string of the molecule is C[C@@H]1CCC2[C@@H]3CO[C@]4(C)CC[C@@]21C[C@@H]34. The Kier molecular flexibility index (Phi) is 1.47. The van der Waals surface area contributed by atoms with E-state index in [1.54, 1.807) is 0 Å². The molecular weight excluding hydrogens is 184 g/mol. The average Bonchev–Trinajstić information content (AvgIpc) is 2.77. The van der Waals surface area contributed by atoms with Gasteiger partial charge in [0.1, 0.15) is 0 Å². The van der Waals surface area contributed by atoms with Crippen LogP contribution >= 0.6 is 0 Å². The van der Waals surface area contributed by atoms with Crippen molar-refractivity contribution >= 4 is 0 Å². The predicted octanol–water partition coefficient (Wildman–Crippen LogP) is 3.24. The van der Waals surface area contributed by atoms with E-state index in [0.717, 1.165) is 35.7 Å². The summed E-state index contributed by atoms with van der Waals surface area (Å²) in [5.74, 6) is 3.88. The molecule has 1 spiro atoms. The lowest BCUT2D eigenvalue weighted by Gasteiger charge is -2.44. The topological polar surface area (TPSA) is 9.23 Å². The lowest BCUT2D eigenvalue weighted by atomic mass is 9.64. The van der Waals surface area contributed by atoms with Gasteiger partial charge in [0, 0.05) is 0 Å². The molecule has 0 amide bonds. The maximum absolute atomic E-state index is 6.13. The van der Waals surface area contributed by atoms with Crippen molar-refractivity contribution in [1.29, 1.82) is 0 Å². The van der Waals surface area contributed by atoms with Crippen LogP contribution in [-0.4, -0.2) is 12.2 Å². The highest BCUT2D eigenvalue weighted by Crippen LogP contribution is 2.71. The molecule has 4 fully saturated rings. The van der Waals surface area contributed by atoms with Crippen LogP contribution in [-0.2, 0) is 4.74 Å². The van der Waals surface area contributed by atoms with Crippen LogP contribution in [0.2, 0.25) is 0 Å². The molecule has 1 heteroatoms. The van der Waals surface area contributed by atoms with E-state index in [-0.39, 0.29) is 5.60 Å². The second-order valence-electron chi connectivity index (χ2n) is 6.92. The van der Waals surface area contributed by atoms with Crippen molar-refractivity contribution in [3.05, 3.63) is 0 Å². The molecule has 1 aliphatic heterocycles. The second-order valence-corrected chi connectivity index (χ2v) is 6.92. The van der Waals surface area contributed by atoms with Crippen molar-refractivity contribution in [3.8, 4) is 0 Å². The van der Waals surface area contributed by atoms with E-state index < -0.39 is 0 Å². The highest BCUT2D eigenvalue weighted by Gasteiger charge is 2.67. The van der Waals surface area contributed by atoms with Gasteiger partial charge >= 0.3 is 0 Å². The van der Waals surface area contributed by atoms with Gasteiger partial charge in [0.2, 0.25) is 0 Å². The van der Waals surface area contributed by atoms with E-state index in [4.69, 9.17) is 4.74 Å². The first-order valence-corrected chi connectivity index (χ1v) is 6.80. The molecule has 0 aromatic heterocycles. The monoisotopic (exact) mass is 206 g/mol. The molecule has 84 valence electrons. The van der Waals surface area contributed by atoms with Crippen LogP contribution in [0.1, 0.15) is 46.0 Å². The highest BCUT2D eigenvalue weighted by molar-refractivity contribution is 5.16. The van der Waals surface area contributed by atoms with Crippen molar-refractivity contribution < 1.29 is 4.74 Å². The lowest BCUT2D eigenvalue weighted by Crippen LogP contribution is -2.41. The molecule has 6 atom stereocenters. The van der Waals surface area contributed by atoms with Crippen molar-refractivity contribution in [2.45, 2.75) is 51.6 Å². The summed E-state index contributed by atoms with van der Waals surface area (Å²) in [6.07, 6.45) is 7.30. The predicted molar refractivity (Wildman–Crippen MR) is 59.5 cm³/mol. The van der Waals surface area contributed by atoms with Crippen LogP contribution in [0.15, 0.2) is 0 Å². The van der Waals surface area contributed by atoms with Crippen LogP contribution < -0.4 is 0 Å². The highest BCUT2D eigenvalue weighted by atomic mass is 16.5. The smallest absolute Gasteiger partial charge is 0.0686 e. The van der Waals surface area contributed by atoms with Crippen LogP contribution in [0.25, 0.3) is 0 Å². The van der Waals surface area contributed by atoms with E-state index in [1.165, 1.54) is 32.1 Å². The summed E-state index contributed by atoms with van der Waals surface area (Å²) in [5.41, 5.74) is 1.04. The summed E-state index contributed by atoms with van der Waals surface area (Å²) < 4.78 is 6.13. The molecule has 0 N–H and O–H groups in total. The number of ether oxygens (including phenoxy) is 1. The van der Waals surface area contributed by atoms with Crippen LogP contribution in [0.5, 0.6) is 0 Å². The van der Waals surface area contributed by atoms with Gasteiger partial charge < -0.3 is 4.74 Å². The van der Waals surface area contributed by atoms with Crippen LogP contribution in [0.3, 0.4) is 0 Å². The quantitative estimate of drug-likeness (QED) is 0.591. The number of fused-ring (bicyclic) bond motifs is 1.